The lowest BCUT2D eigenvalue weighted by atomic mass is 10.2. The van der Waals surface area contributed by atoms with Crippen molar-refractivity contribution in [1.82, 2.24) is 4.72 Å². The van der Waals surface area contributed by atoms with E-state index in [1.54, 1.807) is 12.2 Å². The second kappa shape index (κ2) is 3.87. The molecule has 4 nitrogen and oxygen atoms in total. The number of rotatable bonds is 1. The number of nitrogens with one attached hydrogen (secondary N) is 1. The Bertz CT molecular complexity index is 301. The number of hydrogen-bond donors (Lipinski definition) is 1. The smallest absolute Gasteiger partial charge is 0.258 e. The Hall–Kier alpha value is -0.610. The van der Waals surface area contributed by atoms with Crippen LogP contribution in [-0.2, 0) is 14.5 Å². The minimum absolute atomic E-state index is 0.181. The lowest BCUT2D eigenvalue weighted by Crippen LogP contribution is -2.40. The van der Waals surface area contributed by atoms with E-state index in [9.17, 15) is 8.42 Å². The van der Waals surface area contributed by atoms with Crippen LogP contribution in [0, 0.1) is 0 Å². The molecule has 1 unspecified atom stereocenters. The first kappa shape index (κ1) is 9.48. The maximum absolute atomic E-state index is 10.8. The molecule has 0 saturated carbocycles. The van der Waals surface area contributed by atoms with E-state index in [0.29, 0.717) is 6.42 Å². The second-order valence-electron chi connectivity index (χ2n) is 2.41. The molecule has 1 aliphatic rings. The third-order valence-corrected chi connectivity index (χ3v) is 2.50. The van der Waals surface area contributed by atoms with Crippen molar-refractivity contribution in [1.29, 1.82) is 0 Å². The van der Waals surface area contributed by atoms with E-state index in [4.69, 9.17) is 0 Å². The zero-order valence-corrected chi connectivity index (χ0v) is 7.60. The van der Waals surface area contributed by atoms with Crippen molar-refractivity contribution in [3.8, 4) is 0 Å². The molecule has 1 atom stereocenters. The van der Waals surface area contributed by atoms with Gasteiger partial charge in [-0.2, -0.15) is 13.1 Å². The lowest BCUT2D eigenvalue weighted by Gasteiger charge is -2.19. The Labute approximate surface area is 72.2 Å². The van der Waals surface area contributed by atoms with Crippen LogP contribution in [0.4, 0.5) is 0 Å². The van der Waals surface area contributed by atoms with E-state index >= 15 is 0 Å². The molecule has 0 bridgehead atoms. The molecular weight excluding hydrogens is 178 g/mol. The third kappa shape index (κ3) is 2.79. The molecule has 1 aliphatic heterocycles. The summed E-state index contributed by atoms with van der Waals surface area (Å²) in [6.07, 6.45) is 4.06. The van der Waals surface area contributed by atoms with Gasteiger partial charge in [-0.25, -0.2) is 0 Å². The molecule has 1 fully saturated rings. The highest BCUT2D eigenvalue weighted by Gasteiger charge is 2.21. The standard InChI is InChI=1S/C7H11NO3S/c1-2-3-4-7-5-6-11-12(9,10)8-7/h2,4,7-8H,5-6H2,1H3. The van der Waals surface area contributed by atoms with E-state index in [-0.39, 0.29) is 12.6 Å². The van der Waals surface area contributed by atoms with Crippen LogP contribution < -0.4 is 4.72 Å². The quantitative estimate of drug-likeness (QED) is 0.605. The zero-order valence-electron chi connectivity index (χ0n) is 6.78. The fraction of sp³-hybridized carbons (Fsp3) is 0.571. The molecule has 1 rings (SSSR count). The van der Waals surface area contributed by atoms with Crippen molar-refractivity contribution in [2.45, 2.75) is 19.4 Å². The molecule has 1 heterocycles. The van der Waals surface area contributed by atoms with Crippen LogP contribution in [-0.4, -0.2) is 21.1 Å². The Kier molecular flexibility index (Phi) is 3.05. The second-order valence-corrected chi connectivity index (χ2v) is 3.79. The summed E-state index contributed by atoms with van der Waals surface area (Å²) < 4.78 is 28.5. The van der Waals surface area contributed by atoms with Gasteiger partial charge in [-0.05, 0) is 25.5 Å². The maximum atomic E-state index is 10.8. The predicted octanol–water partition coefficient (Wildman–Crippen LogP) is 0.341. The molecule has 0 radical (unpaired) electrons. The minimum atomic E-state index is -3.50. The fourth-order valence-corrected chi connectivity index (χ4v) is 1.83. The van der Waals surface area contributed by atoms with Crippen molar-refractivity contribution in [3.05, 3.63) is 17.9 Å². The van der Waals surface area contributed by atoms with E-state index in [1.807, 2.05) is 6.92 Å². The number of hydrogen-bond acceptors (Lipinski definition) is 3. The van der Waals surface area contributed by atoms with Crippen molar-refractivity contribution in [3.63, 3.8) is 0 Å². The molecule has 0 amide bonds. The Balaban J connectivity index is 2.65. The van der Waals surface area contributed by atoms with Crippen molar-refractivity contribution in [2.24, 2.45) is 0 Å². The van der Waals surface area contributed by atoms with Crippen LogP contribution in [0.25, 0.3) is 0 Å². The summed E-state index contributed by atoms with van der Waals surface area (Å²) >= 11 is 0. The summed E-state index contributed by atoms with van der Waals surface area (Å²) in [5.74, 6) is 0. The summed E-state index contributed by atoms with van der Waals surface area (Å²) in [5.41, 5.74) is 2.82. The van der Waals surface area contributed by atoms with Crippen LogP contribution >= 0.6 is 0 Å². The van der Waals surface area contributed by atoms with Crippen LogP contribution in [0.3, 0.4) is 0 Å². The molecule has 12 heavy (non-hydrogen) atoms. The normalized spacial score (nSPS) is 27.2. The average molecular weight is 189 g/mol. The highest BCUT2D eigenvalue weighted by molar-refractivity contribution is 7.84. The van der Waals surface area contributed by atoms with E-state index in [0.717, 1.165) is 0 Å². The van der Waals surface area contributed by atoms with E-state index in [2.05, 4.69) is 14.6 Å². The van der Waals surface area contributed by atoms with E-state index in [1.165, 1.54) is 0 Å². The minimum Gasteiger partial charge on any atom is -0.258 e. The van der Waals surface area contributed by atoms with Gasteiger partial charge in [0.1, 0.15) is 0 Å². The predicted molar refractivity (Wildman–Crippen MR) is 44.7 cm³/mol. The first-order chi connectivity index (χ1) is 5.64. The molecule has 1 saturated heterocycles. The Morgan fingerprint density at radius 1 is 1.67 bits per heavy atom. The molecule has 0 aromatic heterocycles. The van der Waals surface area contributed by atoms with Gasteiger partial charge in [-0.3, -0.25) is 4.18 Å². The van der Waals surface area contributed by atoms with Crippen LogP contribution in [0.15, 0.2) is 17.9 Å². The molecule has 5 heteroatoms. The van der Waals surface area contributed by atoms with Crippen LogP contribution in [0.2, 0.25) is 0 Å². The summed E-state index contributed by atoms with van der Waals surface area (Å²) in [7, 11) is -3.50. The van der Waals surface area contributed by atoms with Gasteiger partial charge in [0.15, 0.2) is 0 Å². The molecule has 0 aliphatic carbocycles. The van der Waals surface area contributed by atoms with Crippen LogP contribution in [0.1, 0.15) is 13.3 Å². The highest BCUT2D eigenvalue weighted by atomic mass is 32.2. The summed E-state index contributed by atoms with van der Waals surface area (Å²) in [4.78, 5) is 0. The first-order valence-electron chi connectivity index (χ1n) is 3.68. The molecule has 0 spiro atoms. The molecule has 0 aromatic carbocycles. The average Bonchev–Trinajstić information content (AvgIpc) is 1.99. The maximum Gasteiger partial charge on any atom is 0.336 e. The van der Waals surface area contributed by atoms with Gasteiger partial charge >= 0.3 is 10.3 Å². The fourth-order valence-electron chi connectivity index (χ4n) is 0.893. The third-order valence-electron chi connectivity index (χ3n) is 1.43. The SMILES string of the molecule is CC=C=CC1CCOS(=O)(=O)N1. The highest BCUT2D eigenvalue weighted by Crippen LogP contribution is 2.05. The largest absolute Gasteiger partial charge is 0.336 e. The van der Waals surface area contributed by atoms with Gasteiger partial charge in [0.2, 0.25) is 0 Å². The Morgan fingerprint density at radius 2 is 2.42 bits per heavy atom. The van der Waals surface area contributed by atoms with Crippen molar-refractivity contribution in [2.75, 3.05) is 6.61 Å². The molecule has 0 aromatic rings. The van der Waals surface area contributed by atoms with Crippen molar-refractivity contribution >= 4 is 10.3 Å². The summed E-state index contributed by atoms with van der Waals surface area (Å²) in [6.45, 7) is 2.06. The first-order valence-corrected chi connectivity index (χ1v) is 5.09. The van der Waals surface area contributed by atoms with Gasteiger partial charge in [-0.1, -0.05) is 0 Å². The monoisotopic (exact) mass is 189 g/mol. The van der Waals surface area contributed by atoms with Crippen molar-refractivity contribution < 1.29 is 12.6 Å². The summed E-state index contributed by atoms with van der Waals surface area (Å²) in [5, 5.41) is 0. The van der Waals surface area contributed by atoms with Gasteiger partial charge in [-0.15, -0.1) is 5.73 Å². The van der Waals surface area contributed by atoms with Gasteiger partial charge in [0.05, 0.1) is 12.6 Å². The molecule has 68 valence electrons. The van der Waals surface area contributed by atoms with Gasteiger partial charge in [0, 0.05) is 0 Å². The van der Waals surface area contributed by atoms with Crippen LogP contribution in [0.5, 0.6) is 0 Å². The Morgan fingerprint density at radius 3 is 3.00 bits per heavy atom. The molecule has 1 N–H and O–H groups in total. The topological polar surface area (TPSA) is 55.4 Å². The zero-order chi connectivity index (χ0) is 9.03. The summed E-state index contributed by atoms with van der Waals surface area (Å²) in [6, 6.07) is -0.181. The van der Waals surface area contributed by atoms with Gasteiger partial charge < -0.3 is 0 Å². The molecular formula is C7H11NO3S. The lowest BCUT2D eigenvalue weighted by molar-refractivity contribution is 0.269. The van der Waals surface area contributed by atoms with Gasteiger partial charge in [0.25, 0.3) is 0 Å². The van der Waals surface area contributed by atoms with E-state index < -0.39 is 10.3 Å².